The van der Waals surface area contributed by atoms with Crippen LogP contribution < -0.4 is 16.2 Å². The predicted molar refractivity (Wildman–Crippen MR) is 144 cm³/mol. The van der Waals surface area contributed by atoms with Gasteiger partial charge in [-0.15, -0.1) is 11.8 Å². The van der Waals surface area contributed by atoms with Crippen LogP contribution in [-0.2, 0) is 11.8 Å². The Morgan fingerprint density at radius 2 is 1.89 bits per heavy atom. The summed E-state index contributed by atoms with van der Waals surface area (Å²) in [6.07, 6.45) is 7.05. The summed E-state index contributed by atoms with van der Waals surface area (Å²) in [5.41, 5.74) is 11.8. The second kappa shape index (κ2) is 7.95. The first-order chi connectivity index (χ1) is 17.5. The van der Waals surface area contributed by atoms with Crippen molar-refractivity contribution in [2.24, 2.45) is 11.1 Å². The van der Waals surface area contributed by atoms with Gasteiger partial charge in [0.15, 0.2) is 5.65 Å². The molecule has 3 aliphatic rings. The zero-order valence-corrected chi connectivity index (χ0v) is 21.2. The molecule has 4 aromatic rings. The first-order valence-corrected chi connectivity index (χ1v) is 14.0. The molecule has 2 aliphatic carbocycles. The Labute approximate surface area is 213 Å². The number of fused-ring (bicyclic) bond motifs is 2. The molecule has 1 saturated heterocycles. The smallest absolute Gasteiger partial charge is 0.263 e. The number of hydrogen-bond donors (Lipinski definition) is 3. The molecule has 1 atom stereocenters. The van der Waals surface area contributed by atoms with Crippen LogP contribution in [0.2, 0.25) is 0 Å². The maximum atomic E-state index is 13.4. The monoisotopic (exact) mass is 498 g/mol. The normalized spacial score (nSPS) is 21.7. The van der Waals surface area contributed by atoms with Crippen molar-refractivity contribution in [1.29, 1.82) is 0 Å². The van der Waals surface area contributed by atoms with Crippen molar-refractivity contribution >= 4 is 28.7 Å². The Balaban J connectivity index is 1.17. The number of thioether (sulfide) groups is 1. The van der Waals surface area contributed by atoms with Crippen LogP contribution in [-0.4, -0.2) is 39.5 Å². The lowest BCUT2D eigenvalue weighted by molar-refractivity contribution is 0.187. The maximum absolute atomic E-state index is 13.4. The van der Waals surface area contributed by atoms with Gasteiger partial charge in [-0.3, -0.25) is 14.9 Å². The molecule has 7 nitrogen and oxygen atoms in total. The zero-order valence-electron chi connectivity index (χ0n) is 20.4. The standard InChI is InChI=1S/C28H30N6OS/c1-36-19-7-4-6-18(15-19)28(9-10-28)23-21-24(33-32-23)30-26(31-25(21)35)34-13-11-27(12-14-34)16-17-5-2-3-8-20(17)22(27)29/h2-8,15,22H,9-14,16,29H2,1H3,(H2,30,31,32,33,35)/t22-/m1/s1. The van der Waals surface area contributed by atoms with Crippen molar-refractivity contribution in [1.82, 2.24) is 20.2 Å². The summed E-state index contributed by atoms with van der Waals surface area (Å²) in [5.74, 6) is 0.621. The highest BCUT2D eigenvalue weighted by Gasteiger charge is 2.50. The molecule has 3 heterocycles. The molecule has 2 aromatic carbocycles. The Hall–Kier alpha value is -3.10. The van der Waals surface area contributed by atoms with Crippen molar-refractivity contribution in [3.8, 4) is 0 Å². The first kappa shape index (κ1) is 22.1. The van der Waals surface area contributed by atoms with E-state index in [1.165, 1.54) is 21.6 Å². The molecule has 8 heteroatoms. The van der Waals surface area contributed by atoms with Crippen molar-refractivity contribution in [3.05, 3.63) is 81.3 Å². The fourth-order valence-corrected chi connectivity index (χ4v) is 7.06. The summed E-state index contributed by atoms with van der Waals surface area (Å²) in [6, 6.07) is 17.2. The van der Waals surface area contributed by atoms with Crippen LogP contribution in [0, 0.1) is 5.41 Å². The molecule has 0 amide bonds. The van der Waals surface area contributed by atoms with Gasteiger partial charge < -0.3 is 10.6 Å². The largest absolute Gasteiger partial charge is 0.342 e. The van der Waals surface area contributed by atoms with Crippen molar-refractivity contribution in [2.45, 2.75) is 48.5 Å². The molecular weight excluding hydrogens is 468 g/mol. The van der Waals surface area contributed by atoms with Crippen LogP contribution in [0.4, 0.5) is 5.95 Å². The van der Waals surface area contributed by atoms with E-state index >= 15 is 0 Å². The van der Waals surface area contributed by atoms with Gasteiger partial charge in [-0.05, 0) is 72.6 Å². The van der Waals surface area contributed by atoms with Crippen LogP contribution in [0.5, 0.6) is 0 Å². The van der Waals surface area contributed by atoms with Crippen LogP contribution in [0.15, 0.2) is 58.2 Å². The number of piperidine rings is 1. The summed E-state index contributed by atoms with van der Waals surface area (Å²) >= 11 is 1.73. The summed E-state index contributed by atoms with van der Waals surface area (Å²) in [4.78, 5) is 24.7. The Kier molecular flexibility index (Phi) is 4.89. The summed E-state index contributed by atoms with van der Waals surface area (Å²) < 4.78 is 0. The number of aromatic nitrogens is 4. The van der Waals surface area contributed by atoms with E-state index < -0.39 is 0 Å². The van der Waals surface area contributed by atoms with E-state index in [-0.39, 0.29) is 22.4 Å². The molecule has 1 aliphatic heterocycles. The molecule has 2 fully saturated rings. The van der Waals surface area contributed by atoms with Crippen molar-refractivity contribution < 1.29 is 0 Å². The number of aromatic amines is 2. The summed E-state index contributed by atoms with van der Waals surface area (Å²) in [6.45, 7) is 1.64. The second-order valence-corrected chi connectivity index (χ2v) is 11.6. The van der Waals surface area contributed by atoms with Gasteiger partial charge in [-0.25, -0.2) is 0 Å². The molecule has 0 unspecified atom stereocenters. The molecule has 0 radical (unpaired) electrons. The SMILES string of the molecule is CSc1cccc(C2(c3n[nH]c4nc(N5CCC6(CC5)Cc5ccccc5[C@H]6N)[nH]c(=O)c34)CC2)c1. The third kappa shape index (κ3) is 3.20. The maximum Gasteiger partial charge on any atom is 0.263 e. The minimum absolute atomic E-state index is 0.0693. The van der Waals surface area contributed by atoms with Gasteiger partial charge in [0, 0.05) is 29.4 Å². The minimum Gasteiger partial charge on any atom is -0.342 e. The van der Waals surface area contributed by atoms with Gasteiger partial charge >= 0.3 is 0 Å². The molecule has 7 rings (SSSR count). The average Bonchev–Trinajstić information content (AvgIpc) is 3.53. The third-order valence-electron chi connectivity index (χ3n) is 8.89. The molecule has 1 spiro atoms. The van der Waals surface area contributed by atoms with Gasteiger partial charge in [-0.2, -0.15) is 10.1 Å². The second-order valence-electron chi connectivity index (χ2n) is 10.7. The van der Waals surface area contributed by atoms with E-state index in [2.05, 4.69) is 74.9 Å². The van der Waals surface area contributed by atoms with Gasteiger partial charge in [-0.1, -0.05) is 36.4 Å². The fourth-order valence-electron chi connectivity index (χ4n) is 6.60. The molecule has 1 saturated carbocycles. The van der Waals surface area contributed by atoms with Gasteiger partial charge in [0.1, 0.15) is 5.39 Å². The number of nitrogens with zero attached hydrogens (tertiary/aromatic N) is 3. The number of benzene rings is 2. The van der Waals surface area contributed by atoms with Crippen LogP contribution in [0.25, 0.3) is 11.0 Å². The van der Waals surface area contributed by atoms with Crippen LogP contribution in [0.1, 0.15) is 54.1 Å². The van der Waals surface area contributed by atoms with Gasteiger partial charge in [0.2, 0.25) is 5.95 Å². The highest BCUT2D eigenvalue weighted by Crippen LogP contribution is 2.54. The Bertz CT molecular complexity index is 1530. The summed E-state index contributed by atoms with van der Waals surface area (Å²) in [7, 11) is 0. The zero-order chi connectivity index (χ0) is 24.5. The molecule has 0 bridgehead atoms. The van der Waals surface area contributed by atoms with E-state index in [1.807, 2.05) is 0 Å². The topological polar surface area (TPSA) is 104 Å². The fraction of sp³-hybridized carbons (Fsp3) is 0.393. The average molecular weight is 499 g/mol. The number of hydrogen-bond acceptors (Lipinski definition) is 6. The first-order valence-electron chi connectivity index (χ1n) is 12.7. The highest BCUT2D eigenvalue weighted by atomic mass is 32.2. The number of H-pyrrole nitrogens is 2. The lowest BCUT2D eigenvalue weighted by Gasteiger charge is -2.42. The molecular formula is C28H30N6OS. The number of nitrogens with one attached hydrogen (secondary N) is 2. The third-order valence-corrected chi connectivity index (χ3v) is 9.62. The Morgan fingerprint density at radius 1 is 1.08 bits per heavy atom. The van der Waals surface area contributed by atoms with E-state index in [4.69, 9.17) is 10.7 Å². The summed E-state index contributed by atoms with van der Waals surface area (Å²) in [5, 5.41) is 8.33. The molecule has 36 heavy (non-hydrogen) atoms. The predicted octanol–water partition coefficient (Wildman–Crippen LogP) is 4.29. The van der Waals surface area contributed by atoms with Crippen LogP contribution >= 0.6 is 11.8 Å². The van der Waals surface area contributed by atoms with E-state index in [0.717, 1.165) is 50.9 Å². The quantitative estimate of drug-likeness (QED) is 0.363. The van der Waals surface area contributed by atoms with Gasteiger partial charge in [0.05, 0.1) is 5.69 Å². The molecule has 2 aromatic heterocycles. The van der Waals surface area contributed by atoms with Crippen molar-refractivity contribution in [3.63, 3.8) is 0 Å². The van der Waals surface area contributed by atoms with Gasteiger partial charge in [0.25, 0.3) is 5.56 Å². The van der Waals surface area contributed by atoms with E-state index in [1.54, 1.807) is 11.8 Å². The van der Waals surface area contributed by atoms with Crippen molar-refractivity contribution in [2.75, 3.05) is 24.2 Å². The lowest BCUT2D eigenvalue weighted by atomic mass is 9.73. The van der Waals surface area contributed by atoms with E-state index in [9.17, 15) is 4.79 Å². The minimum atomic E-state index is -0.203. The van der Waals surface area contributed by atoms with E-state index in [0.29, 0.717) is 17.0 Å². The number of nitrogens with two attached hydrogens (primary N) is 1. The number of anilines is 1. The molecule has 4 N–H and O–H groups in total. The number of rotatable bonds is 4. The Morgan fingerprint density at radius 3 is 2.64 bits per heavy atom. The lowest BCUT2D eigenvalue weighted by Crippen LogP contribution is -2.45. The highest BCUT2D eigenvalue weighted by molar-refractivity contribution is 7.98. The molecule has 184 valence electrons. The van der Waals surface area contributed by atoms with Crippen LogP contribution in [0.3, 0.4) is 0 Å².